The lowest BCUT2D eigenvalue weighted by molar-refractivity contribution is -0.152. The Morgan fingerprint density at radius 1 is 1.16 bits per heavy atom. The molecule has 1 N–H and O–H groups in total. The fraction of sp³-hybridized carbons (Fsp3) is 0.417. The minimum atomic E-state index is -1.06. The third-order valence-electron chi connectivity index (χ3n) is 5.55. The van der Waals surface area contributed by atoms with E-state index in [9.17, 15) is 14.7 Å². The summed E-state index contributed by atoms with van der Waals surface area (Å²) in [4.78, 5) is 34.1. The van der Waals surface area contributed by atoms with Gasteiger partial charge in [0.05, 0.1) is 24.9 Å². The number of rotatable bonds is 12. The number of hydrogen-bond acceptors (Lipinski definition) is 5. The van der Waals surface area contributed by atoms with Crippen molar-refractivity contribution in [2.24, 2.45) is 0 Å². The molecule has 3 rings (SSSR count). The Morgan fingerprint density at radius 2 is 1.94 bits per heavy atom. The number of likely N-dealkylation sites (N-methyl/N-ethyl adjacent to an activating group) is 1. The molecule has 0 spiro atoms. The Labute approximate surface area is 187 Å². The number of imidazole rings is 1. The minimum absolute atomic E-state index is 0.0473. The molecule has 0 aliphatic carbocycles. The number of hydrogen-bond donors (Lipinski definition) is 1. The van der Waals surface area contributed by atoms with E-state index in [0.717, 1.165) is 41.8 Å². The van der Waals surface area contributed by atoms with Gasteiger partial charge in [-0.05, 0) is 31.4 Å². The summed E-state index contributed by atoms with van der Waals surface area (Å²) in [5, 5.41) is 9.53. The first-order valence-electron chi connectivity index (χ1n) is 10.8. The Hall–Kier alpha value is -3.26. The molecule has 2 aromatic heterocycles. The van der Waals surface area contributed by atoms with Crippen molar-refractivity contribution in [2.75, 3.05) is 13.7 Å². The first-order chi connectivity index (χ1) is 15.5. The number of nitrogens with zero attached hydrogens (tertiary/aromatic N) is 4. The van der Waals surface area contributed by atoms with Gasteiger partial charge in [0.25, 0.3) is 0 Å². The predicted octanol–water partition coefficient (Wildman–Crippen LogP) is 3.43. The van der Waals surface area contributed by atoms with Crippen molar-refractivity contribution >= 4 is 22.9 Å². The van der Waals surface area contributed by atoms with Gasteiger partial charge in [-0.25, -0.2) is 9.78 Å². The molecule has 32 heavy (non-hydrogen) atoms. The monoisotopic (exact) mass is 438 g/mol. The highest BCUT2D eigenvalue weighted by atomic mass is 16.5. The number of aromatic nitrogens is 3. The highest BCUT2D eigenvalue weighted by Crippen LogP contribution is 2.16. The number of carboxylic acids is 1. The van der Waals surface area contributed by atoms with E-state index < -0.39 is 12.0 Å². The summed E-state index contributed by atoms with van der Waals surface area (Å²) in [6.07, 6.45) is 6.31. The van der Waals surface area contributed by atoms with Gasteiger partial charge in [-0.1, -0.05) is 36.8 Å². The van der Waals surface area contributed by atoms with Gasteiger partial charge in [-0.15, -0.1) is 0 Å². The lowest BCUT2D eigenvalue weighted by Crippen LogP contribution is -2.45. The van der Waals surface area contributed by atoms with Crippen molar-refractivity contribution in [3.8, 4) is 0 Å². The number of benzene rings is 1. The number of pyridine rings is 1. The fourth-order valence-corrected chi connectivity index (χ4v) is 3.67. The summed E-state index contributed by atoms with van der Waals surface area (Å²) in [7, 11) is 1.53. The van der Waals surface area contributed by atoms with Gasteiger partial charge >= 0.3 is 5.97 Å². The van der Waals surface area contributed by atoms with Gasteiger partial charge in [-0.2, -0.15) is 0 Å². The van der Waals surface area contributed by atoms with Crippen LogP contribution in [0.5, 0.6) is 0 Å². The van der Waals surface area contributed by atoms with Crippen molar-refractivity contribution in [1.82, 2.24) is 19.4 Å². The van der Waals surface area contributed by atoms with Crippen LogP contribution in [0.3, 0.4) is 0 Å². The Balaban J connectivity index is 1.41. The lowest BCUT2D eigenvalue weighted by Gasteiger charge is -2.25. The van der Waals surface area contributed by atoms with E-state index in [1.54, 1.807) is 12.4 Å². The second-order valence-corrected chi connectivity index (χ2v) is 7.85. The topological polar surface area (TPSA) is 97.5 Å². The molecule has 0 saturated carbocycles. The van der Waals surface area contributed by atoms with E-state index in [0.29, 0.717) is 19.4 Å². The van der Waals surface area contributed by atoms with Crippen molar-refractivity contribution in [2.45, 2.75) is 51.8 Å². The molecule has 0 unspecified atom stereocenters. The van der Waals surface area contributed by atoms with Crippen LogP contribution in [0, 0.1) is 6.92 Å². The number of fused-ring (bicyclic) bond motifs is 1. The molecule has 8 nitrogen and oxygen atoms in total. The van der Waals surface area contributed by atoms with Crippen molar-refractivity contribution in [1.29, 1.82) is 0 Å². The molecule has 0 bridgehead atoms. The van der Waals surface area contributed by atoms with Crippen molar-refractivity contribution in [3.63, 3.8) is 0 Å². The second-order valence-electron chi connectivity index (χ2n) is 7.85. The van der Waals surface area contributed by atoms with E-state index in [1.807, 2.05) is 43.3 Å². The van der Waals surface area contributed by atoms with Gasteiger partial charge < -0.3 is 19.3 Å². The quantitative estimate of drug-likeness (QED) is 0.435. The minimum Gasteiger partial charge on any atom is -0.480 e. The number of carboxylic acid groups (broad SMARTS) is 1. The molecule has 2 heterocycles. The number of aryl methyl sites for hydroxylation is 2. The summed E-state index contributed by atoms with van der Waals surface area (Å²) in [6.45, 7) is 3.06. The van der Waals surface area contributed by atoms with Gasteiger partial charge in [0.15, 0.2) is 6.04 Å². The van der Waals surface area contributed by atoms with Crippen LogP contribution >= 0.6 is 0 Å². The standard InChI is InChI=1S/C24H30N4O4/c1-18-26-20-15-25-13-12-21(20)28(18)14-8-4-7-11-23(29)27(2)22(24(30)31)17-32-16-19-9-5-3-6-10-19/h3,5-6,9-10,12-13,15,22H,4,7-8,11,14,16-17H2,1-2H3,(H,30,31)/t22-/m0/s1. The zero-order valence-electron chi connectivity index (χ0n) is 18.6. The number of ether oxygens (including phenoxy) is 1. The van der Waals surface area contributed by atoms with Gasteiger partial charge in [0.1, 0.15) is 11.3 Å². The van der Waals surface area contributed by atoms with Gasteiger partial charge in [0, 0.05) is 26.2 Å². The third-order valence-corrected chi connectivity index (χ3v) is 5.55. The normalized spacial score (nSPS) is 12.1. The maximum atomic E-state index is 12.5. The average Bonchev–Trinajstić information content (AvgIpc) is 3.11. The number of aliphatic carboxylic acids is 1. The molecule has 3 aromatic rings. The van der Waals surface area contributed by atoms with E-state index in [1.165, 1.54) is 11.9 Å². The molecule has 0 aliphatic rings. The van der Waals surface area contributed by atoms with Gasteiger partial charge in [-0.3, -0.25) is 9.78 Å². The van der Waals surface area contributed by atoms with Crippen LogP contribution < -0.4 is 0 Å². The van der Waals surface area contributed by atoms with Crippen molar-refractivity contribution in [3.05, 3.63) is 60.2 Å². The smallest absolute Gasteiger partial charge is 0.328 e. The van der Waals surface area contributed by atoms with E-state index in [-0.39, 0.29) is 12.5 Å². The molecule has 1 aromatic carbocycles. The molecule has 1 atom stereocenters. The van der Waals surface area contributed by atoms with E-state index >= 15 is 0 Å². The molecule has 0 aliphatic heterocycles. The largest absolute Gasteiger partial charge is 0.480 e. The zero-order valence-corrected chi connectivity index (χ0v) is 18.6. The molecule has 8 heteroatoms. The predicted molar refractivity (Wildman–Crippen MR) is 121 cm³/mol. The number of carbonyl (C=O) groups is 2. The summed E-state index contributed by atoms with van der Waals surface area (Å²) in [5.41, 5.74) is 2.91. The van der Waals surface area contributed by atoms with Crippen LogP contribution in [-0.2, 0) is 27.5 Å². The SMILES string of the molecule is Cc1nc2cnccc2n1CCCCCC(=O)N(C)[C@@H](COCc1ccccc1)C(=O)O. The summed E-state index contributed by atoms with van der Waals surface area (Å²) in [6, 6.07) is 10.5. The Kier molecular flexibility index (Phi) is 8.33. The molecule has 170 valence electrons. The van der Waals surface area contributed by atoms with Crippen molar-refractivity contribution < 1.29 is 19.4 Å². The van der Waals surface area contributed by atoms with Crippen LogP contribution in [0.4, 0.5) is 0 Å². The van der Waals surface area contributed by atoms with Gasteiger partial charge in [0.2, 0.25) is 5.91 Å². The third kappa shape index (κ3) is 6.13. The first kappa shape index (κ1) is 23.4. The molecule has 0 saturated heterocycles. The molecule has 0 fully saturated rings. The van der Waals surface area contributed by atoms with E-state index in [2.05, 4.69) is 14.5 Å². The highest BCUT2D eigenvalue weighted by Gasteiger charge is 2.26. The molecule has 1 amide bonds. The van der Waals surface area contributed by atoms with Crippen LogP contribution in [0.2, 0.25) is 0 Å². The van der Waals surface area contributed by atoms with Crippen LogP contribution in [0.15, 0.2) is 48.8 Å². The first-order valence-corrected chi connectivity index (χ1v) is 10.8. The summed E-state index contributed by atoms with van der Waals surface area (Å²) < 4.78 is 7.72. The number of carbonyl (C=O) groups excluding carboxylic acids is 1. The number of unbranched alkanes of at least 4 members (excludes halogenated alkanes) is 2. The Morgan fingerprint density at radius 3 is 2.69 bits per heavy atom. The Bertz CT molecular complexity index is 1030. The second kappa shape index (κ2) is 11.4. The zero-order chi connectivity index (χ0) is 22.9. The van der Waals surface area contributed by atoms with Crippen LogP contribution in [-0.4, -0.2) is 56.1 Å². The summed E-state index contributed by atoms with van der Waals surface area (Å²) in [5.74, 6) is -0.300. The maximum Gasteiger partial charge on any atom is 0.328 e. The fourth-order valence-electron chi connectivity index (χ4n) is 3.67. The highest BCUT2D eigenvalue weighted by molar-refractivity contribution is 5.83. The van der Waals surface area contributed by atoms with E-state index in [4.69, 9.17) is 4.74 Å². The maximum absolute atomic E-state index is 12.5. The summed E-state index contributed by atoms with van der Waals surface area (Å²) >= 11 is 0. The molecule has 0 radical (unpaired) electrons. The van der Waals surface area contributed by atoms with Crippen LogP contribution in [0.25, 0.3) is 11.0 Å². The molecular formula is C24H30N4O4. The average molecular weight is 439 g/mol. The number of amides is 1. The lowest BCUT2D eigenvalue weighted by atomic mass is 10.1. The van der Waals surface area contributed by atoms with Crippen LogP contribution in [0.1, 0.15) is 37.1 Å². The molecular weight excluding hydrogens is 408 g/mol.